The van der Waals surface area contributed by atoms with Gasteiger partial charge in [0, 0.05) is 32.3 Å². The molecule has 0 aliphatic carbocycles. The van der Waals surface area contributed by atoms with Gasteiger partial charge in [0.15, 0.2) is 0 Å². The van der Waals surface area contributed by atoms with Gasteiger partial charge in [-0.2, -0.15) is 0 Å². The summed E-state index contributed by atoms with van der Waals surface area (Å²) in [6, 6.07) is 13.7. The van der Waals surface area contributed by atoms with E-state index in [4.69, 9.17) is 4.98 Å². The first-order valence-electron chi connectivity index (χ1n) is 11.0. The monoisotopic (exact) mass is 421 g/mol. The van der Waals surface area contributed by atoms with Crippen molar-refractivity contribution in [3.8, 4) is 0 Å². The third-order valence-corrected chi connectivity index (χ3v) is 5.77. The number of aliphatic hydroxyl groups is 1. The topological polar surface area (TPSA) is 83.3 Å². The number of β-amino-alcohol motifs (C(OH)–C–C–N with tert-alkyl or cyclic N) is 1. The number of fused-ring (bicyclic) bond motifs is 1. The summed E-state index contributed by atoms with van der Waals surface area (Å²) in [5, 5.41) is 14.1. The zero-order chi connectivity index (χ0) is 21.8. The molecule has 1 atom stereocenters. The van der Waals surface area contributed by atoms with Crippen LogP contribution >= 0.6 is 0 Å². The highest BCUT2D eigenvalue weighted by Gasteiger charge is 2.34. The lowest BCUT2D eigenvalue weighted by Crippen LogP contribution is -2.54. The molecule has 0 spiro atoms. The van der Waals surface area contributed by atoms with Crippen LogP contribution in [-0.2, 0) is 17.8 Å². The molecule has 2 N–H and O–H groups in total. The molecular weight excluding hydrogens is 390 g/mol. The minimum atomic E-state index is -0.969. The van der Waals surface area contributed by atoms with Gasteiger partial charge in [0.2, 0.25) is 5.91 Å². The molecule has 1 unspecified atom stereocenters. The fraction of sp³-hybridized carbons (Fsp3) is 0.458. The van der Waals surface area contributed by atoms with E-state index in [0.717, 1.165) is 42.1 Å². The lowest BCUT2D eigenvalue weighted by molar-refractivity contribution is -0.123. The molecule has 4 rings (SSSR count). The van der Waals surface area contributed by atoms with Crippen molar-refractivity contribution in [1.29, 1.82) is 0 Å². The number of benzene rings is 1. The maximum Gasteiger partial charge on any atom is 0.240 e. The SMILES string of the molecule is CC(C)Cc1nc2ccccc2n1CC(=O)NCC1(O)CCCN(c2ccccn2)C1. The molecule has 1 amide bonds. The van der Waals surface area contributed by atoms with Gasteiger partial charge in [0.05, 0.1) is 16.6 Å². The Labute approximate surface area is 183 Å². The van der Waals surface area contributed by atoms with Crippen LogP contribution in [0.4, 0.5) is 5.82 Å². The molecule has 0 radical (unpaired) electrons. The number of carbonyl (C=O) groups excluding carboxylic acids is 1. The van der Waals surface area contributed by atoms with Crippen LogP contribution in [0.15, 0.2) is 48.7 Å². The summed E-state index contributed by atoms with van der Waals surface area (Å²) in [5.74, 6) is 2.11. The van der Waals surface area contributed by atoms with Crippen molar-refractivity contribution in [1.82, 2.24) is 19.9 Å². The molecule has 164 valence electrons. The van der Waals surface area contributed by atoms with Crippen LogP contribution in [0.5, 0.6) is 0 Å². The summed E-state index contributed by atoms with van der Waals surface area (Å²) in [5.41, 5.74) is 0.900. The molecule has 1 aliphatic heterocycles. The van der Waals surface area contributed by atoms with E-state index < -0.39 is 5.60 Å². The van der Waals surface area contributed by atoms with Crippen LogP contribution in [0.1, 0.15) is 32.5 Å². The second kappa shape index (κ2) is 9.06. The number of hydrogen-bond acceptors (Lipinski definition) is 5. The number of anilines is 1. The standard InChI is InChI=1S/C24H31N5O2/c1-18(2)14-22-27-19-8-3-4-9-20(19)29(22)15-23(30)26-16-24(31)11-7-13-28(17-24)21-10-5-6-12-25-21/h3-6,8-10,12,18,31H,7,11,13-17H2,1-2H3,(H,26,30). The van der Waals surface area contributed by atoms with E-state index >= 15 is 0 Å². The molecule has 0 bridgehead atoms. The van der Waals surface area contributed by atoms with Gasteiger partial charge in [0.1, 0.15) is 18.2 Å². The Kier molecular flexibility index (Phi) is 6.23. The van der Waals surface area contributed by atoms with Gasteiger partial charge >= 0.3 is 0 Å². The fourth-order valence-electron chi connectivity index (χ4n) is 4.28. The number of carbonyl (C=O) groups is 1. The Morgan fingerprint density at radius 2 is 2.03 bits per heavy atom. The number of pyridine rings is 1. The van der Waals surface area contributed by atoms with Crippen LogP contribution in [0.25, 0.3) is 11.0 Å². The Morgan fingerprint density at radius 3 is 2.81 bits per heavy atom. The molecule has 1 aromatic carbocycles. The summed E-state index contributed by atoms with van der Waals surface area (Å²) in [6.45, 7) is 6.03. The van der Waals surface area contributed by atoms with Crippen LogP contribution in [0.2, 0.25) is 0 Å². The Hall–Kier alpha value is -2.93. The number of piperidine rings is 1. The zero-order valence-corrected chi connectivity index (χ0v) is 18.3. The number of para-hydroxylation sites is 2. The maximum absolute atomic E-state index is 12.8. The minimum absolute atomic E-state index is 0.114. The molecule has 1 fully saturated rings. The van der Waals surface area contributed by atoms with Crippen molar-refractivity contribution in [2.45, 2.75) is 45.3 Å². The molecule has 1 saturated heterocycles. The van der Waals surface area contributed by atoms with Gasteiger partial charge < -0.3 is 19.9 Å². The van der Waals surface area contributed by atoms with Crippen molar-refractivity contribution in [3.63, 3.8) is 0 Å². The predicted molar refractivity (Wildman–Crippen MR) is 122 cm³/mol. The third-order valence-electron chi connectivity index (χ3n) is 5.77. The molecular formula is C24H31N5O2. The Balaban J connectivity index is 1.42. The summed E-state index contributed by atoms with van der Waals surface area (Å²) < 4.78 is 2.00. The van der Waals surface area contributed by atoms with E-state index in [2.05, 4.69) is 29.0 Å². The lowest BCUT2D eigenvalue weighted by Gasteiger charge is -2.39. The second-order valence-electron chi connectivity index (χ2n) is 8.91. The summed E-state index contributed by atoms with van der Waals surface area (Å²) in [4.78, 5) is 24.0. The van der Waals surface area contributed by atoms with E-state index in [1.165, 1.54) is 0 Å². The van der Waals surface area contributed by atoms with E-state index in [1.807, 2.05) is 47.0 Å². The molecule has 7 nitrogen and oxygen atoms in total. The van der Waals surface area contributed by atoms with E-state index in [1.54, 1.807) is 6.20 Å². The van der Waals surface area contributed by atoms with Crippen molar-refractivity contribution < 1.29 is 9.90 Å². The molecule has 1 aliphatic rings. The first-order valence-corrected chi connectivity index (χ1v) is 11.0. The highest BCUT2D eigenvalue weighted by atomic mass is 16.3. The molecule has 2 aromatic heterocycles. The molecule has 31 heavy (non-hydrogen) atoms. The van der Waals surface area contributed by atoms with Gasteiger partial charge in [-0.25, -0.2) is 9.97 Å². The highest BCUT2D eigenvalue weighted by Crippen LogP contribution is 2.24. The van der Waals surface area contributed by atoms with Crippen molar-refractivity contribution >= 4 is 22.8 Å². The first-order chi connectivity index (χ1) is 14.9. The number of nitrogens with zero attached hydrogens (tertiary/aromatic N) is 4. The molecule has 7 heteroatoms. The maximum atomic E-state index is 12.8. The Bertz CT molecular complexity index is 1030. The number of imidazole rings is 1. The zero-order valence-electron chi connectivity index (χ0n) is 18.3. The first kappa shape index (κ1) is 21.3. The van der Waals surface area contributed by atoms with Crippen molar-refractivity contribution in [2.75, 3.05) is 24.5 Å². The second-order valence-corrected chi connectivity index (χ2v) is 8.91. The third kappa shape index (κ3) is 5.05. The predicted octanol–water partition coefficient (Wildman–Crippen LogP) is 2.78. The van der Waals surface area contributed by atoms with Gasteiger partial charge in [-0.1, -0.05) is 32.0 Å². The summed E-state index contributed by atoms with van der Waals surface area (Å²) in [7, 11) is 0. The average molecular weight is 422 g/mol. The number of hydrogen-bond donors (Lipinski definition) is 2. The largest absolute Gasteiger partial charge is 0.386 e. The lowest BCUT2D eigenvalue weighted by atomic mass is 9.92. The quantitative estimate of drug-likeness (QED) is 0.613. The van der Waals surface area contributed by atoms with Gasteiger partial charge in [-0.15, -0.1) is 0 Å². The van der Waals surface area contributed by atoms with Gasteiger partial charge in [-0.05, 0) is 43.0 Å². The highest BCUT2D eigenvalue weighted by molar-refractivity contribution is 5.81. The molecule has 0 saturated carbocycles. The number of aromatic nitrogens is 3. The van der Waals surface area contributed by atoms with Crippen LogP contribution in [0, 0.1) is 5.92 Å². The number of nitrogens with one attached hydrogen (secondary N) is 1. The van der Waals surface area contributed by atoms with Gasteiger partial charge in [0.25, 0.3) is 0 Å². The number of rotatable bonds is 7. The van der Waals surface area contributed by atoms with E-state index in [0.29, 0.717) is 18.9 Å². The molecule has 3 aromatic rings. The smallest absolute Gasteiger partial charge is 0.240 e. The minimum Gasteiger partial charge on any atom is -0.386 e. The van der Waals surface area contributed by atoms with Gasteiger partial charge in [-0.3, -0.25) is 4.79 Å². The average Bonchev–Trinajstić information content (AvgIpc) is 3.09. The summed E-state index contributed by atoms with van der Waals surface area (Å²) in [6.07, 6.45) is 4.08. The normalized spacial score (nSPS) is 19.2. The Morgan fingerprint density at radius 1 is 1.23 bits per heavy atom. The van der Waals surface area contributed by atoms with Crippen LogP contribution in [-0.4, -0.2) is 50.8 Å². The summed E-state index contributed by atoms with van der Waals surface area (Å²) >= 11 is 0. The van der Waals surface area contributed by atoms with Crippen LogP contribution in [0.3, 0.4) is 0 Å². The number of amides is 1. The molecule has 3 heterocycles. The fourth-order valence-corrected chi connectivity index (χ4v) is 4.28. The van der Waals surface area contributed by atoms with E-state index in [9.17, 15) is 9.90 Å². The van der Waals surface area contributed by atoms with Crippen molar-refractivity contribution in [3.05, 3.63) is 54.5 Å². The van der Waals surface area contributed by atoms with E-state index in [-0.39, 0.29) is 19.0 Å². The van der Waals surface area contributed by atoms with Crippen LogP contribution < -0.4 is 10.2 Å². The van der Waals surface area contributed by atoms with Crippen molar-refractivity contribution in [2.24, 2.45) is 5.92 Å².